The Hall–Kier alpha value is -1.97. The topological polar surface area (TPSA) is 52.9 Å². The molecule has 0 atom stereocenters. The van der Waals surface area contributed by atoms with E-state index in [0.29, 0.717) is 11.6 Å². The maximum Gasteiger partial charge on any atom is 0.294 e. The number of nitrogens with zero attached hydrogens (tertiary/aromatic N) is 2. The molecule has 3 rings (SSSR count). The van der Waals surface area contributed by atoms with E-state index in [0.717, 1.165) is 37.2 Å². The van der Waals surface area contributed by atoms with Crippen molar-refractivity contribution in [2.24, 2.45) is 0 Å². The van der Waals surface area contributed by atoms with Crippen LogP contribution in [-0.2, 0) is 6.54 Å². The highest BCUT2D eigenvalue weighted by Crippen LogP contribution is 2.42. The molecular weight excluding hydrogens is 250 g/mol. The first-order chi connectivity index (χ1) is 9.63. The van der Waals surface area contributed by atoms with Gasteiger partial charge in [0.25, 0.3) is 5.56 Å². The standard InChI is InChI=1S/C16H21N3O/c1-3-10-18-15(12-6-7-12)14(17)16(20)19(18)13-8-4-11(2)5-9-13/h4-5,8-9,12H,3,6-7,10,17H2,1-2H3. The Kier molecular flexibility index (Phi) is 3.16. The van der Waals surface area contributed by atoms with Crippen LogP contribution in [0.4, 0.5) is 5.69 Å². The molecule has 1 heterocycles. The third-order valence-electron chi connectivity index (χ3n) is 3.90. The number of anilines is 1. The van der Waals surface area contributed by atoms with Crippen LogP contribution in [0.1, 0.15) is 43.4 Å². The summed E-state index contributed by atoms with van der Waals surface area (Å²) in [7, 11) is 0. The van der Waals surface area contributed by atoms with Gasteiger partial charge in [-0.2, -0.15) is 0 Å². The lowest BCUT2D eigenvalue weighted by atomic mass is 10.2. The van der Waals surface area contributed by atoms with Crippen molar-refractivity contribution in [1.29, 1.82) is 0 Å². The number of hydrogen-bond donors (Lipinski definition) is 1. The van der Waals surface area contributed by atoms with E-state index in [-0.39, 0.29) is 5.56 Å². The van der Waals surface area contributed by atoms with Crippen molar-refractivity contribution in [3.8, 4) is 5.69 Å². The summed E-state index contributed by atoms with van der Waals surface area (Å²) in [5.41, 5.74) is 9.56. The predicted octanol–water partition coefficient (Wildman–Crippen LogP) is 2.82. The maximum atomic E-state index is 12.5. The monoisotopic (exact) mass is 271 g/mol. The number of aromatic nitrogens is 2. The number of nitrogens with two attached hydrogens (primary N) is 1. The van der Waals surface area contributed by atoms with Crippen molar-refractivity contribution in [3.63, 3.8) is 0 Å². The lowest BCUT2D eigenvalue weighted by molar-refractivity contribution is 0.515. The maximum absolute atomic E-state index is 12.5. The van der Waals surface area contributed by atoms with Crippen LogP contribution >= 0.6 is 0 Å². The Labute approximate surface area is 118 Å². The summed E-state index contributed by atoms with van der Waals surface area (Å²) in [6.07, 6.45) is 3.27. The third kappa shape index (κ3) is 2.05. The van der Waals surface area contributed by atoms with Gasteiger partial charge in [-0.3, -0.25) is 9.48 Å². The van der Waals surface area contributed by atoms with Gasteiger partial charge in [-0.15, -0.1) is 0 Å². The van der Waals surface area contributed by atoms with Crippen LogP contribution in [0.3, 0.4) is 0 Å². The zero-order chi connectivity index (χ0) is 14.3. The summed E-state index contributed by atoms with van der Waals surface area (Å²) >= 11 is 0. The molecule has 0 radical (unpaired) electrons. The van der Waals surface area contributed by atoms with Crippen LogP contribution in [0.5, 0.6) is 0 Å². The van der Waals surface area contributed by atoms with E-state index < -0.39 is 0 Å². The van der Waals surface area contributed by atoms with Gasteiger partial charge in [0.15, 0.2) is 0 Å². The van der Waals surface area contributed by atoms with Crippen LogP contribution in [0.25, 0.3) is 5.69 Å². The van der Waals surface area contributed by atoms with E-state index in [2.05, 4.69) is 11.6 Å². The minimum Gasteiger partial charge on any atom is -0.393 e. The van der Waals surface area contributed by atoms with E-state index in [9.17, 15) is 4.79 Å². The van der Waals surface area contributed by atoms with Gasteiger partial charge in [-0.25, -0.2) is 4.68 Å². The van der Waals surface area contributed by atoms with Gasteiger partial charge in [-0.05, 0) is 38.3 Å². The minimum atomic E-state index is -0.0794. The molecule has 4 nitrogen and oxygen atoms in total. The summed E-state index contributed by atoms with van der Waals surface area (Å²) in [6, 6.07) is 8.02. The number of benzene rings is 1. The highest BCUT2D eigenvalue weighted by atomic mass is 16.1. The molecule has 20 heavy (non-hydrogen) atoms. The van der Waals surface area contributed by atoms with Crippen molar-refractivity contribution >= 4 is 5.69 Å². The second kappa shape index (κ2) is 4.85. The minimum absolute atomic E-state index is 0.0794. The van der Waals surface area contributed by atoms with Crippen molar-refractivity contribution in [2.75, 3.05) is 5.73 Å². The molecule has 0 amide bonds. The zero-order valence-electron chi connectivity index (χ0n) is 12.1. The molecule has 1 aliphatic carbocycles. The van der Waals surface area contributed by atoms with Gasteiger partial charge < -0.3 is 5.73 Å². The molecule has 2 N–H and O–H groups in total. The van der Waals surface area contributed by atoms with Crippen LogP contribution in [-0.4, -0.2) is 9.36 Å². The van der Waals surface area contributed by atoms with Crippen molar-refractivity contribution in [3.05, 3.63) is 45.9 Å². The molecule has 1 aromatic carbocycles. The lowest BCUT2D eigenvalue weighted by Gasteiger charge is -2.14. The molecule has 1 fully saturated rings. The van der Waals surface area contributed by atoms with Crippen LogP contribution in [0.15, 0.2) is 29.1 Å². The van der Waals surface area contributed by atoms with E-state index in [1.54, 1.807) is 4.68 Å². The van der Waals surface area contributed by atoms with E-state index in [1.165, 1.54) is 5.56 Å². The normalized spacial score (nSPS) is 14.7. The Balaban J connectivity index is 2.20. The Morgan fingerprint density at radius 2 is 1.90 bits per heavy atom. The second-order valence-electron chi connectivity index (χ2n) is 5.65. The quantitative estimate of drug-likeness (QED) is 0.929. The van der Waals surface area contributed by atoms with E-state index >= 15 is 0 Å². The molecule has 106 valence electrons. The second-order valence-corrected chi connectivity index (χ2v) is 5.65. The fraction of sp³-hybridized carbons (Fsp3) is 0.438. The Bertz CT molecular complexity index is 675. The lowest BCUT2D eigenvalue weighted by Crippen LogP contribution is -2.22. The van der Waals surface area contributed by atoms with Gasteiger partial charge in [0.1, 0.15) is 5.69 Å². The average molecular weight is 271 g/mol. The molecule has 1 saturated carbocycles. The third-order valence-corrected chi connectivity index (χ3v) is 3.90. The number of rotatable bonds is 4. The molecule has 0 spiro atoms. The largest absolute Gasteiger partial charge is 0.393 e. The SMILES string of the molecule is CCCn1c(C2CC2)c(N)c(=O)n1-c1ccc(C)cc1. The molecule has 1 aliphatic rings. The molecule has 0 unspecified atom stereocenters. The molecule has 2 aromatic rings. The summed E-state index contributed by atoms with van der Waals surface area (Å²) in [5.74, 6) is 0.473. The van der Waals surface area contributed by atoms with Crippen molar-refractivity contribution in [2.45, 2.75) is 45.6 Å². The van der Waals surface area contributed by atoms with Gasteiger partial charge in [-0.1, -0.05) is 24.6 Å². The number of nitrogen functional groups attached to an aromatic ring is 1. The highest BCUT2D eigenvalue weighted by Gasteiger charge is 2.32. The summed E-state index contributed by atoms with van der Waals surface area (Å²) in [6.45, 7) is 4.99. The Morgan fingerprint density at radius 3 is 2.45 bits per heavy atom. The first-order valence-corrected chi connectivity index (χ1v) is 7.31. The average Bonchev–Trinajstić information content (AvgIpc) is 3.22. The number of aryl methyl sites for hydroxylation is 1. The number of hydrogen-bond acceptors (Lipinski definition) is 2. The molecule has 0 aliphatic heterocycles. The summed E-state index contributed by atoms with van der Waals surface area (Å²) in [4.78, 5) is 12.5. The summed E-state index contributed by atoms with van der Waals surface area (Å²) < 4.78 is 3.83. The van der Waals surface area contributed by atoms with Crippen LogP contribution < -0.4 is 11.3 Å². The van der Waals surface area contributed by atoms with Crippen LogP contribution in [0, 0.1) is 6.92 Å². The smallest absolute Gasteiger partial charge is 0.294 e. The first kappa shape index (κ1) is 13.0. The molecular formula is C16H21N3O. The van der Waals surface area contributed by atoms with E-state index in [4.69, 9.17) is 5.73 Å². The van der Waals surface area contributed by atoms with Gasteiger partial charge in [0.05, 0.1) is 11.4 Å². The fourth-order valence-corrected chi connectivity index (χ4v) is 2.74. The van der Waals surface area contributed by atoms with Gasteiger partial charge in [0, 0.05) is 12.5 Å². The first-order valence-electron chi connectivity index (χ1n) is 7.31. The van der Waals surface area contributed by atoms with Gasteiger partial charge in [0.2, 0.25) is 0 Å². The van der Waals surface area contributed by atoms with Crippen LogP contribution in [0.2, 0.25) is 0 Å². The van der Waals surface area contributed by atoms with Crippen molar-refractivity contribution < 1.29 is 0 Å². The molecule has 0 saturated heterocycles. The van der Waals surface area contributed by atoms with E-state index in [1.807, 2.05) is 31.2 Å². The Morgan fingerprint density at radius 1 is 1.25 bits per heavy atom. The predicted molar refractivity (Wildman–Crippen MR) is 81.4 cm³/mol. The van der Waals surface area contributed by atoms with Crippen molar-refractivity contribution in [1.82, 2.24) is 9.36 Å². The molecule has 1 aromatic heterocycles. The molecule has 0 bridgehead atoms. The fourth-order valence-electron chi connectivity index (χ4n) is 2.74. The summed E-state index contributed by atoms with van der Waals surface area (Å²) in [5, 5.41) is 0. The highest BCUT2D eigenvalue weighted by molar-refractivity contribution is 5.48. The zero-order valence-corrected chi connectivity index (χ0v) is 12.1. The molecule has 4 heteroatoms. The van der Waals surface area contributed by atoms with Gasteiger partial charge >= 0.3 is 0 Å².